The molecule has 0 spiro atoms. The lowest BCUT2D eigenvalue weighted by Crippen LogP contribution is -2.44. The molecule has 4 rings (SSSR count). The first-order valence-corrected chi connectivity index (χ1v) is 9.75. The smallest absolute Gasteiger partial charge is 0.231 e. The second kappa shape index (κ2) is 8.99. The summed E-state index contributed by atoms with van der Waals surface area (Å²) in [5.41, 5.74) is 8.71. The molecule has 0 fully saturated rings. The fraction of sp³-hybridized carbons (Fsp3) is 0.250. The van der Waals surface area contributed by atoms with E-state index in [1.54, 1.807) is 0 Å². The summed E-state index contributed by atoms with van der Waals surface area (Å²) in [6.07, 6.45) is -0.126. The van der Waals surface area contributed by atoms with Crippen molar-refractivity contribution in [3.05, 3.63) is 90.0 Å². The molecule has 0 amide bonds. The molecule has 29 heavy (non-hydrogen) atoms. The van der Waals surface area contributed by atoms with Crippen LogP contribution in [0.2, 0.25) is 0 Å². The van der Waals surface area contributed by atoms with Crippen LogP contribution in [-0.2, 0) is 6.42 Å². The number of fused-ring (bicyclic) bond motifs is 1. The Balaban J connectivity index is 1.53. The van der Waals surface area contributed by atoms with Crippen molar-refractivity contribution in [3.63, 3.8) is 0 Å². The summed E-state index contributed by atoms with van der Waals surface area (Å²) in [4.78, 5) is 0. The van der Waals surface area contributed by atoms with Crippen molar-refractivity contribution in [3.8, 4) is 17.2 Å². The third-order valence-corrected chi connectivity index (χ3v) is 5.20. The Kier molecular flexibility index (Phi) is 5.98. The van der Waals surface area contributed by atoms with Crippen LogP contribution in [0.1, 0.15) is 17.0 Å². The molecule has 3 unspecified atom stereocenters. The molecule has 0 bridgehead atoms. The van der Waals surface area contributed by atoms with Gasteiger partial charge in [-0.05, 0) is 41.8 Å². The van der Waals surface area contributed by atoms with Gasteiger partial charge in [0.15, 0.2) is 11.5 Å². The molecule has 3 aromatic rings. The number of benzene rings is 3. The number of hydrogen-bond donors (Lipinski definition) is 2. The van der Waals surface area contributed by atoms with Crippen LogP contribution in [-0.4, -0.2) is 30.7 Å². The fourth-order valence-corrected chi connectivity index (χ4v) is 3.57. The molecule has 5 heteroatoms. The molecule has 0 saturated heterocycles. The Labute approximate surface area is 170 Å². The van der Waals surface area contributed by atoms with Crippen LogP contribution in [0.25, 0.3) is 0 Å². The van der Waals surface area contributed by atoms with Crippen molar-refractivity contribution in [2.45, 2.75) is 24.5 Å². The van der Waals surface area contributed by atoms with Crippen molar-refractivity contribution >= 4 is 0 Å². The highest BCUT2D eigenvalue weighted by atomic mass is 16.7. The van der Waals surface area contributed by atoms with E-state index in [1.165, 1.54) is 0 Å². The van der Waals surface area contributed by atoms with Crippen LogP contribution < -0.4 is 19.9 Å². The Hall–Kier alpha value is -3.02. The summed E-state index contributed by atoms with van der Waals surface area (Å²) in [5.74, 6) is 2.04. The summed E-state index contributed by atoms with van der Waals surface area (Å²) in [5, 5.41) is 10.8. The van der Waals surface area contributed by atoms with Gasteiger partial charge in [0.05, 0.1) is 0 Å². The molecule has 0 aliphatic carbocycles. The Morgan fingerprint density at radius 3 is 2.34 bits per heavy atom. The molecular formula is C24H25NO4. The molecule has 1 heterocycles. The number of aliphatic hydroxyl groups is 1. The summed E-state index contributed by atoms with van der Waals surface area (Å²) in [6, 6.07) is 24.9. The van der Waals surface area contributed by atoms with E-state index in [1.807, 2.05) is 66.7 Å². The second-order valence-corrected chi connectivity index (χ2v) is 7.18. The first kappa shape index (κ1) is 19.3. The molecule has 0 saturated carbocycles. The van der Waals surface area contributed by atoms with E-state index in [2.05, 4.69) is 12.1 Å². The highest BCUT2D eigenvalue weighted by Gasteiger charge is 2.28. The molecule has 150 valence electrons. The van der Waals surface area contributed by atoms with Gasteiger partial charge in [0.1, 0.15) is 18.5 Å². The van der Waals surface area contributed by atoms with E-state index in [0.717, 1.165) is 16.9 Å². The molecule has 0 aromatic heterocycles. The van der Waals surface area contributed by atoms with Gasteiger partial charge >= 0.3 is 0 Å². The van der Waals surface area contributed by atoms with Crippen LogP contribution in [0.3, 0.4) is 0 Å². The van der Waals surface area contributed by atoms with E-state index in [4.69, 9.17) is 19.9 Å². The van der Waals surface area contributed by atoms with Gasteiger partial charge in [0, 0.05) is 12.0 Å². The van der Waals surface area contributed by atoms with Crippen LogP contribution in [0.5, 0.6) is 17.2 Å². The van der Waals surface area contributed by atoms with Gasteiger partial charge in [-0.3, -0.25) is 0 Å². The molecule has 5 nitrogen and oxygen atoms in total. The van der Waals surface area contributed by atoms with Crippen molar-refractivity contribution < 1.29 is 19.3 Å². The van der Waals surface area contributed by atoms with Gasteiger partial charge in [0.25, 0.3) is 0 Å². The van der Waals surface area contributed by atoms with Gasteiger partial charge < -0.3 is 25.1 Å². The minimum Gasteiger partial charge on any atom is -0.491 e. The Bertz CT molecular complexity index is 917. The fourth-order valence-electron chi connectivity index (χ4n) is 3.57. The maximum atomic E-state index is 10.8. The predicted octanol–water partition coefficient (Wildman–Crippen LogP) is 3.51. The number of nitrogens with two attached hydrogens (primary N) is 1. The largest absolute Gasteiger partial charge is 0.491 e. The second-order valence-electron chi connectivity index (χ2n) is 7.18. The average Bonchev–Trinajstić information content (AvgIpc) is 3.24. The lowest BCUT2D eigenvalue weighted by molar-refractivity contribution is 0.0766. The summed E-state index contributed by atoms with van der Waals surface area (Å²) < 4.78 is 16.7. The van der Waals surface area contributed by atoms with Crippen molar-refractivity contribution in [1.29, 1.82) is 0 Å². The Morgan fingerprint density at radius 1 is 0.897 bits per heavy atom. The number of rotatable bonds is 8. The van der Waals surface area contributed by atoms with Gasteiger partial charge in [-0.25, -0.2) is 0 Å². The highest BCUT2D eigenvalue weighted by molar-refractivity contribution is 5.46. The minimum absolute atomic E-state index is 0.110. The average molecular weight is 391 g/mol. The number of aliphatic hydroxyl groups excluding tert-OH is 1. The van der Waals surface area contributed by atoms with Gasteiger partial charge in [0.2, 0.25) is 6.79 Å². The van der Waals surface area contributed by atoms with Gasteiger partial charge in [-0.2, -0.15) is 0 Å². The topological polar surface area (TPSA) is 73.9 Å². The third-order valence-electron chi connectivity index (χ3n) is 5.20. The minimum atomic E-state index is -0.825. The first-order chi connectivity index (χ1) is 14.2. The normalized spacial score (nSPS) is 15.5. The number of hydrogen-bond acceptors (Lipinski definition) is 5. The summed E-state index contributed by atoms with van der Waals surface area (Å²) >= 11 is 0. The monoisotopic (exact) mass is 391 g/mol. The molecule has 1 aliphatic rings. The van der Waals surface area contributed by atoms with E-state index in [9.17, 15) is 5.11 Å². The zero-order chi connectivity index (χ0) is 20.1. The first-order valence-electron chi connectivity index (χ1n) is 9.75. The highest BCUT2D eigenvalue weighted by Crippen LogP contribution is 2.36. The predicted molar refractivity (Wildman–Crippen MR) is 111 cm³/mol. The van der Waals surface area contributed by atoms with Crippen molar-refractivity contribution in [1.82, 2.24) is 0 Å². The molecule has 1 aliphatic heterocycles. The van der Waals surface area contributed by atoms with Gasteiger partial charge in [-0.1, -0.05) is 54.6 Å². The van der Waals surface area contributed by atoms with Gasteiger partial charge in [-0.15, -0.1) is 0 Å². The van der Waals surface area contributed by atoms with Crippen molar-refractivity contribution in [2.24, 2.45) is 5.73 Å². The zero-order valence-corrected chi connectivity index (χ0v) is 16.1. The van der Waals surface area contributed by atoms with Crippen LogP contribution in [0, 0.1) is 0 Å². The molecular weight excluding hydrogens is 366 g/mol. The third kappa shape index (κ3) is 4.70. The lowest BCUT2D eigenvalue weighted by Gasteiger charge is -2.29. The number of ether oxygens (including phenoxy) is 3. The number of para-hydroxylation sites is 1. The van der Waals surface area contributed by atoms with Crippen LogP contribution in [0.15, 0.2) is 78.9 Å². The lowest BCUT2D eigenvalue weighted by atomic mass is 9.83. The molecule has 3 N–H and O–H groups in total. The maximum absolute atomic E-state index is 10.8. The Morgan fingerprint density at radius 2 is 1.59 bits per heavy atom. The standard InChI is InChI=1S/C24H25NO4/c25-24(21(26)15-27-19-9-5-2-6-10-19)20(13-17-7-3-1-4-8-17)18-11-12-22-23(14-18)29-16-28-22/h1-12,14,20-21,24,26H,13,15-16,25H2. The van der Waals surface area contributed by atoms with Crippen LogP contribution >= 0.6 is 0 Å². The quantitative estimate of drug-likeness (QED) is 0.615. The van der Waals surface area contributed by atoms with Crippen molar-refractivity contribution in [2.75, 3.05) is 13.4 Å². The van der Waals surface area contributed by atoms with E-state index in [-0.39, 0.29) is 19.3 Å². The van der Waals surface area contributed by atoms with E-state index >= 15 is 0 Å². The molecule has 3 aromatic carbocycles. The van der Waals surface area contributed by atoms with Crippen LogP contribution in [0.4, 0.5) is 0 Å². The van der Waals surface area contributed by atoms with E-state index < -0.39 is 12.1 Å². The molecule has 3 atom stereocenters. The van der Waals surface area contributed by atoms with E-state index in [0.29, 0.717) is 17.9 Å². The zero-order valence-electron chi connectivity index (χ0n) is 16.1. The SMILES string of the molecule is NC(C(O)COc1ccccc1)C(Cc1ccccc1)c1ccc2c(c1)OCO2. The summed E-state index contributed by atoms with van der Waals surface area (Å²) in [7, 11) is 0. The maximum Gasteiger partial charge on any atom is 0.231 e. The molecule has 0 radical (unpaired) electrons. The summed E-state index contributed by atoms with van der Waals surface area (Å²) in [6.45, 7) is 0.350.